The number of fused-ring (bicyclic) bond motifs is 1. The minimum absolute atomic E-state index is 0.121. The maximum absolute atomic E-state index is 13.0. The predicted octanol–water partition coefficient (Wildman–Crippen LogP) is 1.57. The molecular weight excluding hydrogens is 392 g/mol. The normalized spacial score (nSPS) is 20.6. The first kappa shape index (κ1) is 18.1. The molecular formula is C19H20N6O3S. The number of morpholine rings is 1. The van der Waals surface area contributed by atoms with E-state index in [1.54, 1.807) is 42.3 Å². The number of nitrogens with zero attached hydrogens (tertiary/aromatic N) is 5. The van der Waals surface area contributed by atoms with Crippen LogP contribution in [-0.4, -0.2) is 59.7 Å². The third kappa shape index (κ3) is 2.87. The molecule has 0 saturated carbocycles. The summed E-state index contributed by atoms with van der Waals surface area (Å²) in [4.78, 5) is 10.1. The largest absolute Gasteiger partial charge is 0.377 e. The fourth-order valence-electron chi connectivity index (χ4n) is 3.85. The van der Waals surface area contributed by atoms with Crippen LogP contribution >= 0.6 is 0 Å². The van der Waals surface area contributed by atoms with Crippen molar-refractivity contribution in [2.45, 2.75) is 17.9 Å². The summed E-state index contributed by atoms with van der Waals surface area (Å²) in [6.45, 7) is 3.93. The first-order chi connectivity index (χ1) is 14.0. The number of rotatable bonds is 3. The average molecular weight is 412 g/mol. The van der Waals surface area contributed by atoms with Gasteiger partial charge in [0.15, 0.2) is 0 Å². The minimum Gasteiger partial charge on any atom is -0.377 e. The Kier molecular flexibility index (Phi) is 4.07. The summed E-state index contributed by atoms with van der Waals surface area (Å²) in [6, 6.07) is 7.34. The molecule has 3 aromatic rings. The van der Waals surface area contributed by atoms with E-state index in [4.69, 9.17) is 9.72 Å². The van der Waals surface area contributed by atoms with Crippen molar-refractivity contribution < 1.29 is 13.2 Å². The number of nitrogens with one attached hydrogen (secondary N) is 1. The van der Waals surface area contributed by atoms with Crippen molar-refractivity contribution in [3.05, 3.63) is 48.0 Å². The lowest BCUT2D eigenvalue weighted by atomic mass is 10.1. The summed E-state index contributed by atoms with van der Waals surface area (Å²) in [6.07, 6.45) is 3.38. The van der Waals surface area contributed by atoms with Gasteiger partial charge in [0.2, 0.25) is 0 Å². The fourth-order valence-corrected chi connectivity index (χ4v) is 5.19. The van der Waals surface area contributed by atoms with Gasteiger partial charge in [0, 0.05) is 31.5 Å². The lowest BCUT2D eigenvalue weighted by Gasteiger charge is -2.34. The van der Waals surface area contributed by atoms with E-state index in [0.29, 0.717) is 53.9 Å². The summed E-state index contributed by atoms with van der Waals surface area (Å²) in [5.41, 5.74) is 2.55. The molecule has 0 aliphatic carbocycles. The summed E-state index contributed by atoms with van der Waals surface area (Å²) in [7, 11) is -2.11. The number of ether oxygens (including phenoxy) is 1. The molecule has 0 aromatic carbocycles. The third-order valence-electron chi connectivity index (χ3n) is 5.27. The first-order valence-corrected chi connectivity index (χ1v) is 10.8. The van der Waals surface area contributed by atoms with Gasteiger partial charge in [-0.15, -0.1) is 0 Å². The number of aromatic nitrogens is 4. The van der Waals surface area contributed by atoms with E-state index >= 15 is 0 Å². The van der Waals surface area contributed by atoms with Crippen LogP contribution in [0, 0.1) is 0 Å². The van der Waals surface area contributed by atoms with Crippen molar-refractivity contribution in [1.82, 2.24) is 19.7 Å². The number of hydrogen-bond donors (Lipinski definition) is 1. The number of aryl methyl sites for hydroxylation is 1. The van der Waals surface area contributed by atoms with Crippen molar-refractivity contribution in [2.24, 2.45) is 11.4 Å². The molecule has 0 spiro atoms. The van der Waals surface area contributed by atoms with E-state index in [-0.39, 0.29) is 10.9 Å². The second-order valence-corrected chi connectivity index (χ2v) is 8.70. The fraction of sp³-hybridized carbons (Fsp3) is 0.316. The molecule has 2 aliphatic heterocycles. The maximum Gasteiger partial charge on any atom is 0.285 e. The lowest BCUT2D eigenvalue weighted by Crippen LogP contribution is -2.44. The molecule has 10 heteroatoms. The highest BCUT2D eigenvalue weighted by Crippen LogP contribution is 2.38. The molecule has 1 N–H and O–H groups in total. The Bertz CT molecular complexity index is 1210. The Hall–Kier alpha value is -2.98. The van der Waals surface area contributed by atoms with Gasteiger partial charge in [-0.3, -0.25) is 4.68 Å². The molecule has 1 fully saturated rings. The van der Waals surface area contributed by atoms with Gasteiger partial charge in [-0.25, -0.2) is 4.98 Å². The van der Waals surface area contributed by atoms with Crippen molar-refractivity contribution in [1.29, 1.82) is 0 Å². The van der Waals surface area contributed by atoms with Crippen molar-refractivity contribution in [2.75, 3.05) is 24.7 Å². The quantitative estimate of drug-likeness (QED) is 0.700. The zero-order chi connectivity index (χ0) is 20.2. The van der Waals surface area contributed by atoms with Crippen LogP contribution in [0.4, 0.5) is 5.82 Å². The molecule has 0 bridgehead atoms. The van der Waals surface area contributed by atoms with Gasteiger partial charge in [-0.1, -0.05) is 0 Å². The zero-order valence-corrected chi connectivity index (χ0v) is 16.8. The molecule has 3 aromatic heterocycles. The molecule has 150 valence electrons. The van der Waals surface area contributed by atoms with Crippen LogP contribution in [0.1, 0.15) is 18.3 Å². The van der Waals surface area contributed by atoms with Crippen molar-refractivity contribution in [3.63, 3.8) is 0 Å². The minimum atomic E-state index is -3.89. The highest BCUT2D eigenvalue weighted by atomic mass is 32.2. The first-order valence-electron chi connectivity index (χ1n) is 9.32. The highest BCUT2D eigenvalue weighted by molar-refractivity contribution is 7.91. The standard InChI is InChI=1S/C19H20N6O3S/c1-12-11-28-9-8-25(12)16-10-13(15-5-7-21-24(15)2)19-18(22-16)17(23-29(19,26)27)14-4-3-6-20-14/h3-7,10,12,20H,8-9,11H2,1-2H3/t12-/m1/s1. The van der Waals surface area contributed by atoms with E-state index in [1.807, 2.05) is 6.07 Å². The highest BCUT2D eigenvalue weighted by Gasteiger charge is 2.37. The maximum atomic E-state index is 13.0. The van der Waals surface area contributed by atoms with Crippen LogP contribution in [0.25, 0.3) is 11.3 Å². The van der Waals surface area contributed by atoms with E-state index in [0.717, 1.165) is 0 Å². The molecule has 5 heterocycles. The lowest BCUT2D eigenvalue weighted by molar-refractivity contribution is 0.0985. The molecule has 0 unspecified atom stereocenters. The molecule has 29 heavy (non-hydrogen) atoms. The molecule has 0 radical (unpaired) electrons. The van der Waals surface area contributed by atoms with Gasteiger partial charge in [0.25, 0.3) is 10.0 Å². The van der Waals surface area contributed by atoms with Gasteiger partial charge >= 0.3 is 0 Å². The number of sulfonamides is 1. The Balaban J connectivity index is 1.79. The third-order valence-corrected chi connectivity index (χ3v) is 6.62. The summed E-state index contributed by atoms with van der Waals surface area (Å²) in [5, 5.41) is 4.22. The van der Waals surface area contributed by atoms with Gasteiger partial charge < -0.3 is 14.6 Å². The van der Waals surface area contributed by atoms with Crippen molar-refractivity contribution in [3.8, 4) is 11.3 Å². The number of pyridine rings is 1. The van der Waals surface area contributed by atoms with Crippen molar-refractivity contribution >= 4 is 21.6 Å². The monoisotopic (exact) mass is 412 g/mol. The average Bonchev–Trinajstić information content (AvgIpc) is 3.41. The Morgan fingerprint density at radius 3 is 2.86 bits per heavy atom. The molecule has 1 atom stereocenters. The zero-order valence-electron chi connectivity index (χ0n) is 16.0. The Morgan fingerprint density at radius 1 is 1.31 bits per heavy atom. The Morgan fingerprint density at radius 2 is 2.17 bits per heavy atom. The van der Waals surface area contributed by atoms with Gasteiger partial charge in [0.1, 0.15) is 22.1 Å². The summed E-state index contributed by atoms with van der Waals surface area (Å²) < 4.78 is 37.3. The van der Waals surface area contributed by atoms with Gasteiger partial charge in [-0.05, 0) is 31.2 Å². The Labute approximate surface area is 168 Å². The molecule has 1 saturated heterocycles. The molecule has 2 aliphatic rings. The molecule has 0 amide bonds. The number of H-pyrrole nitrogens is 1. The van der Waals surface area contributed by atoms with E-state index in [1.165, 1.54) is 0 Å². The van der Waals surface area contributed by atoms with Crippen LogP contribution in [-0.2, 0) is 21.8 Å². The second kappa shape index (κ2) is 6.53. The number of anilines is 1. The predicted molar refractivity (Wildman–Crippen MR) is 108 cm³/mol. The number of aromatic amines is 1. The van der Waals surface area contributed by atoms with Gasteiger partial charge in [-0.2, -0.15) is 17.9 Å². The van der Waals surface area contributed by atoms with Gasteiger partial charge in [0.05, 0.1) is 30.6 Å². The van der Waals surface area contributed by atoms with Crippen LogP contribution < -0.4 is 4.90 Å². The molecule has 9 nitrogen and oxygen atoms in total. The summed E-state index contributed by atoms with van der Waals surface area (Å²) in [5.74, 6) is 0.701. The topological polar surface area (TPSA) is 105 Å². The SMILES string of the molecule is C[C@@H]1COCCN1c1cc(-c2ccnn2C)c2c(n1)C(c1ccc[nH]1)=NS2(=O)=O. The second-order valence-electron chi connectivity index (χ2n) is 7.16. The van der Waals surface area contributed by atoms with Crippen LogP contribution in [0.5, 0.6) is 0 Å². The smallest absolute Gasteiger partial charge is 0.285 e. The molecule has 5 rings (SSSR count). The number of hydrogen-bond acceptors (Lipinski definition) is 6. The van der Waals surface area contributed by atoms with Crippen LogP contribution in [0.15, 0.2) is 46.0 Å². The van der Waals surface area contributed by atoms with E-state index in [9.17, 15) is 8.42 Å². The van der Waals surface area contributed by atoms with Crippen LogP contribution in [0.2, 0.25) is 0 Å². The van der Waals surface area contributed by atoms with E-state index in [2.05, 4.69) is 26.3 Å². The van der Waals surface area contributed by atoms with Crippen LogP contribution in [0.3, 0.4) is 0 Å². The summed E-state index contributed by atoms with van der Waals surface area (Å²) >= 11 is 0. The van der Waals surface area contributed by atoms with E-state index < -0.39 is 10.0 Å².